The molecule has 3 aromatic rings. The maximum absolute atomic E-state index is 6.39. The number of hydrogen-bond acceptors (Lipinski definition) is 6. The van der Waals surface area contributed by atoms with E-state index >= 15 is 0 Å². The molecule has 3 rings (SSSR count). The Morgan fingerprint density at radius 1 is 1.11 bits per heavy atom. The fraction of sp³-hybridized carbons (Fsp3) is 0.474. The van der Waals surface area contributed by atoms with Gasteiger partial charge in [0.05, 0.1) is 10.8 Å². The fourth-order valence-corrected chi connectivity index (χ4v) is 4.00. The predicted molar refractivity (Wildman–Crippen MR) is 113 cm³/mol. The van der Waals surface area contributed by atoms with Gasteiger partial charge in [-0.15, -0.1) is 10.2 Å². The van der Waals surface area contributed by atoms with Crippen molar-refractivity contribution in [2.24, 2.45) is 11.8 Å². The molecule has 2 heterocycles. The van der Waals surface area contributed by atoms with Crippen molar-refractivity contribution in [3.8, 4) is 11.4 Å². The average molecular weight is 440 g/mol. The standard InChI is InChI=1S/C19H23Cl2N5OS/c1-11(2)7-16-22-17(27-25-16)10-28-19-24-23-18(26(19)9-12(3)4)14-6-5-13(20)8-15(14)21/h5-6,8,11-12H,7,9-10H2,1-4H3. The van der Waals surface area contributed by atoms with Crippen LogP contribution >= 0.6 is 35.0 Å². The van der Waals surface area contributed by atoms with E-state index in [1.54, 1.807) is 12.1 Å². The molecule has 0 saturated carbocycles. The molecule has 0 atom stereocenters. The number of aromatic nitrogens is 5. The summed E-state index contributed by atoms with van der Waals surface area (Å²) < 4.78 is 7.44. The van der Waals surface area contributed by atoms with Crippen LogP contribution in [0.15, 0.2) is 27.9 Å². The summed E-state index contributed by atoms with van der Waals surface area (Å²) in [5.41, 5.74) is 0.808. The van der Waals surface area contributed by atoms with Gasteiger partial charge < -0.3 is 9.09 Å². The Kier molecular flexibility index (Phi) is 7.01. The minimum Gasteiger partial charge on any atom is -0.338 e. The molecule has 0 N–H and O–H groups in total. The van der Waals surface area contributed by atoms with Crippen molar-refractivity contribution in [2.75, 3.05) is 0 Å². The van der Waals surface area contributed by atoms with E-state index in [-0.39, 0.29) is 0 Å². The third-order valence-corrected chi connectivity index (χ3v) is 5.36. The summed E-state index contributed by atoms with van der Waals surface area (Å²) in [4.78, 5) is 4.45. The van der Waals surface area contributed by atoms with Crippen LogP contribution in [-0.4, -0.2) is 24.9 Å². The van der Waals surface area contributed by atoms with Crippen LogP contribution in [0.5, 0.6) is 0 Å². The lowest BCUT2D eigenvalue weighted by molar-refractivity contribution is 0.382. The maximum atomic E-state index is 6.39. The summed E-state index contributed by atoms with van der Waals surface area (Å²) >= 11 is 13.9. The molecule has 0 saturated heterocycles. The molecule has 0 spiro atoms. The largest absolute Gasteiger partial charge is 0.338 e. The first-order chi connectivity index (χ1) is 13.3. The van der Waals surface area contributed by atoms with Crippen molar-refractivity contribution in [3.05, 3.63) is 40.0 Å². The van der Waals surface area contributed by atoms with Crippen LogP contribution in [0.25, 0.3) is 11.4 Å². The first-order valence-electron chi connectivity index (χ1n) is 9.16. The number of nitrogens with zero attached hydrogens (tertiary/aromatic N) is 5. The Morgan fingerprint density at radius 3 is 2.57 bits per heavy atom. The Balaban J connectivity index is 1.83. The van der Waals surface area contributed by atoms with Gasteiger partial charge in [-0.1, -0.05) is 67.8 Å². The van der Waals surface area contributed by atoms with Crippen molar-refractivity contribution in [2.45, 2.75) is 51.6 Å². The SMILES string of the molecule is CC(C)Cc1noc(CSc2nnc(-c3ccc(Cl)cc3Cl)n2CC(C)C)n1. The molecule has 1 aromatic carbocycles. The molecule has 0 bridgehead atoms. The van der Waals surface area contributed by atoms with Crippen molar-refractivity contribution in [1.29, 1.82) is 0 Å². The van der Waals surface area contributed by atoms with Gasteiger partial charge in [-0.05, 0) is 30.0 Å². The van der Waals surface area contributed by atoms with E-state index < -0.39 is 0 Å². The summed E-state index contributed by atoms with van der Waals surface area (Å²) in [6.45, 7) is 9.33. The fourth-order valence-electron chi connectivity index (χ4n) is 2.72. The summed E-state index contributed by atoms with van der Waals surface area (Å²) in [5.74, 6) is 3.49. The van der Waals surface area contributed by atoms with E-state index in [1.807, 2.05) is 6.07 Å². The molecule has 28 heavy (non-hydrogen) atoms. The van der Waals surface area contributed by atoms with Crippen LogP contribution in [0, 0.1) is 11.8 Å². The molecule has 2 aromatic heterocycles. The number of rotatable bonds is 8. The van der Waals surface area contributed by atoms with E-state index in [9.17, 15) is 0 Å². The molecule has 0 amide bonds. The van der Waals surface area contributed by atoms with Crippen molar-refractivity contribution >= 4 is 35.0 Å². The van der Waals surface area contributed by atoms with E-state index in [1.165, 1.54) is 11.8 Å². The second-order valence-corrected chi connectivity index (χ2v) is 9.21. The van der Waals surface area contributed by atoms with Crippen LogP contribution in [-0.2, 0) is 18.7 Å². The van der Waals surface area contributed by atoms with Crippen molar-refractivity contribution in [3.63, 3.8) is 0 Å². The minimum atomic E-state index is 0.418. The summed E-state index contributed by atoms with van der Waals surface area (Å²) in [5, 5.41) is 14.7. The lowest BCUT2D eigenvalue weighted by Crippen LogP contribution is -2.08. The number of halogens is 2. The zero-order valence-corrected chi connectivity index (χ0v) is 18.6. The van der Waals surface area contributed by atoms with Crippen LogP contribution in [0.3, 0.4) is 0 Å². The first-order valence-corrected chi connectivity index (χ1v) is 10.9. The number of thioether (sulfide) groups is 1. The highest BCUT2D eigenvalue weighted by Crippen LogP contribution is 2.32. The zero-order chi connectivity index (χ0) is 20.3. The van der Waals surface area contributed by atoms with Gasteiger partial charge in [0.1, 0.15) is 0 Å². The summed E-state index contributed by atoms with van der Waals surface area (Å²) in [6, 6.07) is 5.39. The predicted octanol–water partition coefficient (Wildman–Crippen LogP) is 5.78. The topological polar surface area (TPSA) is 69.6 Å². The molecule has 150 valence electrons. The van der Waals surface area contributed by atoms with Gasteiger partial charge in [0, 0.05) is 23.6 Å². The molecule has 0 unspecified atom stereocenters. The Hall–Kier alpha value is -1.57. The van der Waals surface area contributed by atoms with E-state index in [0.717, 1.165) is 35.3 Å². The van der Waals surface area contributed by atoms with Crippen molar-refractivity contribution in [1.82, 2.24) is 24.9 Å². The summed E-state index contributed by atoms with van der Waals surface area (Å²) in [7, 11) is 0. The molecular weight excluding hydrogens is 417 g/mol. The monoisotopic (exact) mass is 439 g/mol. The molecule has 9 heteroatoms. The highest BCUT2D eigenvalue weighted by Gasteiger charge is 2.19. The lowest BCUT2D eigenvalue weighted by atomic mass is 10.1. The normalized spacial score (nSPS) is 11.7. The number of benzene rings is 1. The average Bonchev–Trinajstić information content (AvgIpc) is 3.19. The summed E-state index contributed by atoms with van der Waals surface area (Å²) in [6.07, 6.45) is 0.802. The molecular formula is C19H23Cl2N5OS. The molecule has 0 radical (unpaired) electrons. The van der Waals surface area contributed by atoms with Gasteiger partial charge in [0.15, 0.2) is 16.8 Å². The Bertz CT molecular complexity index is 938. The quantitative estimate of drug-likeness (QED) is 0.414. The molecule has 0 aliphatic carbocycles. The highest BCUT2D eigenvalue weighted by atomic mass is 35.5. The van der Waals surface area contributed by atoms with Gasteiger partial charge in [-0.25, -0.2) is 0 Å². The second-order valence-electron chi connectivity index (χ2n) is 7.43. The molecule has 0 fully saturated rings. The van der Waals surface area contributed by atoms with Crippen LogP contribution in [0.2, 0.25) is 10.0 Å². The van der Waals surface area contributed by atoms with Crippen LogP contribution in [0.1, 0.15) is 39.4 Å². The van der Waals surface area contributed by atoms with Gasteiger partial charge in [0.25, 0.3) is 0 Å². The molecule has 0 aliphatic rings. The van der Waals surface area contributed by atoms with Gasteiger partial charge in [-0.3, -0.25) is 0 Å². The number of hydrogen-bond donors (Lipinski definition) is 0. The zero-order valence-electron chi connectivity index (χ0n) is 16.3. The van der Waals surface area contributed by atoms with E-state index in [2.05, 4.69) is 52.6 Å². The lowest BCUT2D eigenvalue weighted by Gasteiger charge is -2.13. The van der Waals surface area contributed by atoms with E-state index in [0.29, 0.717) is 33.5 Å². The second kappa shape index (κ2) is 9.29. The van der Waals surface area contributed by atoms with E-state index in [4.69, 9.17) is 27.7 Å². The highest BCUT2D eigenvalue weighted by molar-refractivity contribution is 7.98. The molecule has 6 nitrogen and oxygen atoms in total. The smallest absolute Gasteiger partial charge is 0.237 e. The Morgan fingerprint density at radius 2 is 1.89 bits per heavy atom. The maximum Gasteiger partial charge on any atom is 0.237 e. The Labute approximate surface area is 179 Å². The van der Waals surface area contributed by atoms with Gasteiger partial charge >= 0.3 is 0 Å². The first kappa shape index (κ1) is 21.1. The third-order valence-electron chi connectivity index (χ3n) is 3.86. The van der Waals surface area contributed by atoms with Crippen molar-refractivity contribution < 1.29 is 4.52 Å². The minimum absolute atomic E-state index is 0.418. The van der Waals surface area contributed by atoms with Gasteiger partial charge in [-0.2, -0.15) is 4.98 Å². The molecule has 0 aliphatic heterocycles. The van der Waals surface area contributed by atoms with Crippen LogP contribution < -0.4 is 0 Å². The van der Waals surface area contributed by atoms with Crippen LogP contribution in [0.4, 0.5) is 0 Å². The van der Waals surface area contributed by atoms with Gasteiger partial charge in [0.2, 0.25) is 5.89 Å². The third kappa shape index (κ3) is 5.27.